The van der Waals surface area contributed by atoms with Gasteiger partial charge in [-0.15, -0.1) is 0 Å². The molecule has 8 nitrogen and oxygen atoms in total. The average Bonchev–Trinajstić information content (AvgIpc) is 2.60. The van der Waals surface area contributed by atoms with Gasteiger partial charge >= 0.3 is 5.97 Å². The van der Waals surface area contributed by atoms with Gasteiger partial charge in [0.05, 0.1) is 18.3 Å². The highest BCUT2D eigenvalue weighted by molar-refractivity contribution is 5.94. The van der Waals surface area contributed by atoms with Crippen LogP contribution >= 0.6 is 0 Å². The molecule has 136 valence electrons. The molecule has 5 N–H and O–H groups in total. The molecule has 1 aliphatic heterocycles. The smallest absolute Gasteiger partial charge is 0.335 e. The second kappa shape index (κ2) is 8.32. The number of aliphatic hydroxyl groups excluding tert-OH is 4. The van der Waals surface area contributed by atoms with Crippen molar-refractivity contribution in [1.82, 2.24) is 0 Å². The maximum Gasteiger partial charge on any atom is 0.335 e. The Kier molecular flexibility index (Phi) is 6.40. The number of ketones is 1. The van der Waals surface area contributed by atoms with Crippen molar-refractivity contribution < 1.29 is 39.9 Å². The molecule has 0 spiro atoms. The third-order valence-corrected chi connectivity index (χ3v) is 4.01. The molecule has 2 rings (SSSR count). The summed E-state index contributed by atoms with van der Waals surface area (Å²) in [4.78, 5) is 22.8. The van der Waals surface area contributed by atoms with Crippen molar-refractivity contribution >= 4 is 17.8 Å². The van der Waals surface area contributed by atoms with Gasteiger partial charge in [-0.05, 0) is 23.8 Å². The van der Waals surface area contributed by atoms with Crippen LogP contribution in [0.1, 0.15) is 22.3 Å². The molecule has 1 aromatic carbocycles. The van der Waals surface area contributed by atoms with Crippen LogP contribution < -0.4 is 0 Å². The number of carboxylic acids is 1. The summed E-state index contributed by atoms with van der Waals surface area (Å²) in [6, 6.07) is 5.90. The molecule has 0 amide bonds. The zero-order chi connectivity index (χ0) is 18.6. The number of carboxylic acid groups (broad SMARTS) is 1. The topological polar surface area (TPSA) is 145 Å². The summed E-state index contributed by atoms with van der Waals surface area (Å²) < 4.78 is 5.27. The lowest BCUT2D eigenvalue weighted by Crippen LogP contribution is -2.58. The normalized spacial score (nSPS) is 29.7. The molecule has 5 atom stereocenters. The second-order valence-corrected chi connectivity index (χ2v) is 5.80. The van der Waals surface area contributed by atoms with E-state index in [4.69, 9.17) is 14.9 Å². The molecule has 1 heterocycles. The first-order chi connectivity index (χ1) is 11.8. The summed E-state index contributed by atoms with van der Waals surface area (Å²) in [5.41, 5.74) is 0.747. The third-order valence-electron chi connectivity index (χ3n) is 4.01. The van der Waals surface area contributed by atoms with Gasteiger partial charge in [0, 0.05) is 6.42 Å². The van der Waals surface area contributed by atoms with Crippen molar-refractivity contribution in [2.45, 2.75) is 36.9 Å². The molecule has 1 fully saturated rings. The van der Waals surface area contributed by atoms with Gasteiger partial charge in [0.1, 0.15) is 24.4 Å². The number of ether oxygens (including phenoxy) is 1. The highest BCUT2D eigenvalue weighted by Crippen LogP contribution is 2.23. The zero-order valence-corrected chi connectivity index (χ0v) is 13.2. The fraction of sp³-hybridized carbons (Fsp3) is 0.412. The van der Waals surface area contributed by atoms with Crippen LogP contribution in [0.4, 0.5) is 0 Å². The van der Waals surface area contributed by atoms with Crippen LogP contribution in [-0.4, -0.2) is 74.4 Å². The molecule has 8 heteroatoms. The van der Waals surface area contributed by atoms with E-state index in [0.29, 0.717) is 5.56 Å². The quantitative estimate of drug-likeness (QED) is 0.419. The van der Waals surface area contributed by atoms with Crippen LogP contribution in [-0.2, 0) is 9.53 Å². The molecule has 1 saturated heterocycles. The second-order valence-electron chi connectivity index (χ2n) is 5.80. The fourth-order valence-corrected chi connectivity index (χ4v) is 2.54. The molecule has 25 heavy (non-hydrogen) atoms. The third kappa shape index (κ3) is 4.71. The Hall–Kier alpha value is -2.10. The van der Waals surface area contributed by atoms with Crippen LogP contribution in [0.5, 0.6) is 0 Å². The van der Waals surface area contributed by atoms with E-state index in [2.05, 4.69) is 0 Å². The van der Waals surface area contributed by atoms with Crippen molar-refractivity contribution in [3.05, 3.63) is 41.5 Å². The minimum atomic E-state index is -1.52. The predicted octanol–water partition coefficient (Wildman–Crippen LogP) is -0.800. The first-order valence-corrected chi connectivity index (χ1v) is 7.68. The molecular weight excluding hydrogens is 332 g/mol. The predicted molar refractivity (Wildman–Crippen MR) is 85.8 cm³/mol. The number of aromatic carboxylic acids is 1. The van der Waals surface area contributed by atoms with E-state index in [1.807, 2.05) is 0 Å². The Morgan fingerprint density at radius 3 is 2.16 bits per heavy atom. The van der Waals surface area contributed by atoms with Crippen molar-refractivity contribution in [2.24, 2.45) is 0 Å². The maximum absolute atomic E-state index is 12.0. The molecule has 0 unspecified atom stereocenters. The lowest BCUT2D eigenvalue weighted by Gasteiger charge is -2.39. The minimum absolute atomic E-state index is 0.129. The van der Waals surface area contributed by atoms with Gasteiger partial charge in [0.25, 0.3) is 0 Å². The molecule has 0 saturated carbocycles. The van der Waals surface area contributed by atoms with Crippen LogP contribution in [0.2, 0.25) is 0 Å². The Balaban J connectivity index is 1.97. The van der Waals surface area contributed by atoms with Gasteiger partial charge in [0.15, 0.2) is 5.78 Å². The average molecular weight is 352 g/mol. The van der Waals surface area contributed by atoms with Gasteiger partial charge in [-0.3, -0.25) is 4.79 Å². The molecule has 1 aromatic rings. The molecule has 0 bridgehead atoms. The summed E-state index contributed by atoms with van der Waals surface area (Å²) in [6.07, 6.45) is -4.05. The highest BCUT2D eigenvalue weighted by atomic mass is 16.5. The lowest BCUT2D eigenvalue weighted by molar-refractivity contribution is -0.229. The van der Waals surface area contributed by atoms with Gasteiger partial charge in [-0.2, -0.15) is 0 Å². The van der Waals surface area contributed by atoms with E-state index in [-0.39, 0.29) is 12.0 Å². The van der Waals surface area contributed by atoms with E-state index < -0.39 is 48.9 Å². The van der Waals surface area contributed by atoms with E-state index in [9.17, 15) is 24.9 Å². The van der Waals surface area contributed by atoms with Crippen molar-refractivity contribution in [3.8, 4) is 0 Å². The number of allylic oxidation sites excluding steroid dienone is 1. The fourth-order valence-electron chi connectivity index (χ4n) is 2.54. The van der Waals surface area contributed by atoms with Crippen molar-refractivity contribution in [1.29, 1.82) is 0 Å². The first-order valence-electron chi connectivity index (χ1n) is 7.68. The van der Waals surface area contributed by atoms with E-state index >= 15 is 0 Å². The van der Waals surface area contributed by atoms with Crippen molar-refractivity contribution in [3.63, 3.8) is 0 Å². The van der Waals surface area contributed by atoms with Crippen LogP contribution in [0.25, 0.3) is 6.08 Å². The number of hydrogen-bond donors (Lipinski definition) is 5. The number of carbonyl (C=O) groups is 2. The summed E-state index contributed by atoms with van der Waals surface area (Å²) in [5, 5.41) is 47.2. The molecule has 0 aromatic heterocycles. The number of aliphatic hydroxyl groups is 4. The summed E-state index contributed by atoms with van der Waals surface area (Å²) in [7, 11) is 0. The standard InChI is InChI=1S/C17H20O8/c18-8-13-15(21)16(22)14(20)12(25-13)7-11(19)6-3-9-1-4-10(5-2-9)17(23)24/h1-6,12-16,18,20-22H,7-8H2,(H,23,24)/b6-3+/t12-,13+,14-,15-,16+/m0/s1. The van der Waals surface area contributed by atoms with Gasteiger partial charge in [0.2, 0.25) is 0 Å². The Morgan fingerprint density at radius 2 is 1.60 bits per heavy atom. The van der Waals surface area contributed by atoms with Crippen LogP contribution in [0.3, 0.4) is 0 Å². The van der Waals surface area contributed by atoms with Crippen LogP contribution in [0.15, 0.2) is 30.3 Å². The summed E-state index contributed by atoms with van der Waals surface area (Å²) in [5.74, 6) is -1.44. The lowest BCUT2D eigenvalue weighted by atomic mass is 9.92. The minimum Gasteiger partial charge on any atom is -0.478 e. The molecule has 1 aliphatic rings. The Morgan fingerprint density at radius 1 is 1.00 bits per heavy atom. The molecule has 0 radical (unpaired) electrons. The van der Waals surface area contributed by atoms with Gasteiger partial charge in [-0.1, -0.05) is 18.2 Å². The van der Waals surface area contributed by atoms with Gasteiger partial charge < -0.3 is 30.3 Å². The Labute approximate surface area is 143 Å². The van der Waals surface area contributed by atoms with Gasteiger partial charge in [-0.25, -0.2) is 4.79 Å². The number of hydrogen-bond acceptors (Lipinski definition) is 7. The molecule has 0 aliphatic carbocycles. The number of carbonyl (C=O) groups excluding carboxylic acids is 1. The zero-order valence-electron chi connectivity index (χ0n) is 13.2. The number of benzene rings is 1. The summed E-state index contributed by atoms with van der Waals surface area (Å²) in [6.45, 7) is -0.554. The number of rotatable bonds is 6. The molecular formula is C17H20O8. The van der Waals surface area contributed by atoms with E-state index in [0.717, 1.165) is 0 Å². The van der Waals surface area contributed by atoms with Crippen molar-refractivity contribution in [2.75, 3.05) is 6.61 Å². The van der Waals surface area contributed by atoms with Crippen LogP contribution in [0, 0.1) is 0 Å². The monoisotopic (exact) mass is 352 g/mol. The highest BCUT2D eigenvalue weighted by Gasteiger charge is 2.43. The largest absolute Gasteiger partial charge is 0.478 e. The first kappa shape index (κ1) is 19.2. The van der Waals surface area contributed by atoms with E-state index in [1.165, 1.54) is 24.3 Å². The maximum atomic E-state index is 12.0. The SMILES string of the molecule is O=C(/C=C/c1ccc(C(=O)O)cc1)C[C@@H]1O[C@H](CO)[C@H](O)[C@H](O)[C@H]1O. The Bertz CT molecular complexity index is 637. The summed E-state index contributed by atoms with van der Waals surface area (Å²) >= 11 is 0. The van der Waals surface area contributed by atoms with E-state index in [1.54, 1.807) is 12.1 Å².